The highest BCUT2D eigenvalue weighted by Gasteiger charge is 2.23. The number of hydrogen-bond donors (Lipinski definition) is 1. The second kappa shape index (κ2) is 14.4. The summed E-state index contributed by atoms with van der Waals surface area (Å²) in [5.74, 6) is 0. The fourth-order valence-corrected chi connectivity index (χ4v) is 3.52. The number of aryl methyl sites for hydroxylation is 1. The van der Waals surface area contributed by atoms with Gasteiger partial charge in [0, 0.05) is 22.7 Å². The third-order valence-corrected chi connectivity index (χ3v) is 6.31. The van der Waals surface area contributed by atoms with Crippen LogP contribution in [-0.4, -0.2) is 59.0 Å². The van der Waals surface area contributed by atoms with Crippen molar-refractivity contribution in [2.45, 2.75) is 85.6 Å². The third kappa shape index (κ3) is 8.75. The maximum Gasteiger partial charge on any atom is 0.318 e. The number of aromatic nitrogens is 8. The number of halogens is 1. The first-order valence-electron chi connectivity index (χ1n) is 13.4. The molecule has 0 aliphatic carbocycles. The Hall–Kier alpha value is -3.48. The molecule has 0 aliphatic rings. The lowest BCUT2D eigenvalue weighted by Gasteiger charge is -2.19. The van der Waals surface area contributed by atoms with Crippen molar-refractivity contribution < 1.29 is 9.47 Å². The summed E-state index contributed by atoms with van der Waals surface area (Å²) in [7, 11) is 2.97. The van der Waals surface area contributed by atoms with Gasteiger partial charge in [-0.15, -0.1) is 0 Å². The Bertz CT molecular complexity index is 1570. The Morgan fingerprint density at radius 1 is 0.805 bits per heavy atom. The summed E-state index contributed by atoms with van der Waals surface area (Å²) in [6, 6.07) is 0.450. The average molecular weight is 634 g/mol. The molecule has 0 saturated heterocycles. The highest BCUT2D eigenvalue weighted by atomic mass is 79.9. The van der Waals surface area contributed by atoms with Crippen LogP contribution in [0.15, 0.2) is 22.0 Å². The normalized spacial score (nSPS) is 11.4. The fourth-order valence-electron chi connectivity index (χ4n) is 3.52. The Morgan fingerprint density at radius 3 is 1.80 bits per heavy atom. The molecule has 0 amide bonds. The molecule has 4 heterocycles. The van der Waals surface area contributed by atoms with Gasteiger partial charge in [-0.1, -0.05) is 71.3 Å². The molecule has 0 saturated carbocycles. The van der Waals surface area contributed by atoms with E-state index in [0.717, 1.165) is 11.8 Å². The highest BCUT2D eigenvalue weighted by Crippen LogP contribution is 2.20. The number of aromatic amines is 1. The van der Waals surface area contributed by atoms with Crippen LogP contribution in [0, 0.1) is 0 Å². The number of alkyl halides is 1. The van der Waals surface area contributed by atoms with Crippen molar-refractivity contribution in [2.75, 3.05) is 19.5 Å². The second-order valence-electron chi connectivity index (χ2n) is 11.2. The standard InChI is InChI=1S/C14H20N4O2.C11H14N4O2.C3H7Br/c1-6-7-18-11-9(8-15-13(17-11)20-5)16-10(12(18)19)14(2,3)4;1-11(2,3)7-9(16)14-8-6(13-7)5-12-10(15-8)17-4;1-2-3-4/h8H,6-7H2,1-5H3;5H,1-4H3,(H,12,14,15,16);2-3H2,1H3. The molecule has 0 bridgehead atoms. The lowest BCUT2D eigenvalue weighted by atomic mass is 9.92. The molecular formula is C28H41BrN8O4. The van der Waals surface area contributed by atoms with Crippen LogP contribution in [0.4, 0.5) is 0 Å². The molecule has 1 N–H and O–H groups in total. The zero-order valence-electron chi connectivity index (χ0n) is 25.6. The van der Waals surface area contributed by atoms with Crippen molar-refractivity contribution in [1.82, 2.24) is 39.5 Å². The van der Waals surface area contributed by atoms with Gasteiger partial charge in [-0.3, -0.25) is 14.2 Å². The van der Waals surface area contributed by atoms with E-state index in [-0.39, 0.29) is 34.0 Å². The Morgan fingerprint density at radius 2 is 1.32 bits per heavy atom. The monoisotopic (exact) mass is 632 g/mol. The number of methoxy groups -OCH3 is 2. The van der Waals surface area contributed by atoms with E-state index < -0.39 is 0 Å². The molecule has 224 valence electrons. The number of fused-ring (bicyclic) bond motifs is 2. The summed E-state index contributed by atoms with van der Waals surface area (Å²) in [6.45, 7) is 16.5. The minimum atomic E-state index is -0.319. The number of nitrogens with one attached hydrogen (secondary N) is 1. The van der Waals surface area contributed by atoms with Crippen LogP contribution in [0.2, 0.25) is 0 Å². The van der Waals surface area contributed by atoms with Gasteiger partial charge in [0.15, 0.2) is 11.3 Å². The van der Waals surface area contributed by atoms with Crippen molar-refractivity contribution in [3.05, 3.63) is 44.5 Å². The van der Waals surface area contributed by atoms with Gasteiger partial charge in [-0.25, -0.2) is 19.9 Å². The quantitative estimate of drug-likeness (QED) is 0.306. The van der Waals surface area contributed by atoms with Gasteiger partial charge in [-0.2, -0.15) is 9.97 Å². The Kier molecular flexibility index (Phi) is 11.9. The third-order valence-electron chi connectivity index (χ3n) is 5.51. The van der Waals surface area contributed by atoms with Gasteiger partial charge in [0.2, 0.25) is 0 Å². The molecule has 41 heavy (non-hydrogen) atoms. The van der Waals surface area contributed by atoms with E-state index in [4.69, 9.17) is 9.47 Å². The molecular weight excluding hydrogens is 592 g/mol. The largest absolute Gasteiger partial charge is 0.467 e. The van der Waals surface area contributed by atoms with Crippen molar-refractivity contribution >= 4 is 38.3 Å². The van der Waals surface area contributed by atoms with Crippen molar-refractivity contribution in [2.24, 2.45) is 0 Å². The van der Waals surface area contributed by atoms with Gasteiger partial charge in [0.05, 0.1) is 26.6 Å². The molecule has 4 aromatic heterocycles. The molecule has 0 fully saturated rings. The van der Waals surface area contributed by atoms with Crippen LogP contribution in [-0.2, 0) is 17.4 Å². The molecule has 0 atom stereocenters. The smallest absolute Gasteiger partial charge is 0.318 e. The minimum Gasteiger partial charge on any atom is -0.467 e. The molecule has 4 rings (SSSR count). The fraction of sp³-hybridized carbons (Fsp3) is 0.571. The highest BCUT2D eigenvalue weighted by molar-refractivity contribution is 9.09. The van der Waals surface area contributed by atoms with Crippen molar-refractivity contribution in [1.29, 1.82) is 0 Å². The van der Waals surface area contributed by atoms with Crippen LogP contribution in [0.25, 0.3) is 22.3 Å². The number of nitrogens with zero attached hydrogens (tertiary/aromatic N) is 7. The summed E-state index contributed by atoms with van der Waals surface area (Å²) >= 11 is 3.25. The first-order chi connectivity index (χ1) is 19.2. The van der Waals surface area contributed by atoms with Crippen LogP contribution in [0.3, 0.4) is 0 Å². The maximum absolute atomic E-state index is 12.6. The molecule has 0 aromatic carbocycles. The Balaban J connectivity index is 0.000000256. The molecule has 13 heteroatoms. The van der Waals surface area contributed by atoms with Crippen molar-refractivity contribution in [3.8, 4) is 12.0 Å². The number of ether oxygens (including phenoxy) is 2. The average Bonchev–Trinajstić information content (AvgIpc) is 2.92. The summed E-state index contributed by atoms with van der Waals surface area (Å²) < 4.78 is 11.6. The van der Waals surface area contributed by atoms with E-state index in [2.05, 4.69) is 57.7 Å². The van der Waals surface area contributed by atoms with E-state index in [9.17, 15) is 9.59 Å². The van der Waals surface area contributed by atoms with Crippen LogP contribution < -0.4 is 20.6 Å². The van der Waals surface area contributed by atoms with Crippen LogP contribution in [0.1, 0.15) is 79.6 Å². The summed E-state index contributed by atoms with van der Waals surface area (Å²) in [6.07, 6.45) is 5.21. The second-order valence-corrected chi connectivity index (χ2v) is 12.0. The number of hydrogen-bond acceptors (Lipinski definition) is 10. The van der Waals surface area contributed by atoms with Gasteiger partial charge in [0.1, 0.15) is 22.4 Å². The zero-order chi connectivity index (χ0) is 31.0. The molecule has 0 spiro atoms. The SMILES string of the molecule is CCCBr.CCCn1c(=O)c(C(C)(C)C)nc2cnc(OC)nc21.COc1ncc2nc(C(C)(C)C)c(=O)[nH]c2n1. The van der Waals surface area contributed by atoms with E-state index in [0.29, 0.717) is 40.3 Å². The van der Waals surface area contributed by atoms with Crippen LogP contribution in [0.5, 0.6) is 12.0 Å². The predicted octanol–water partition coefficient (Wildman–Crippen LogP) is 4.71. The number of H-pyrrole nitrogens is 1. The Labute approximate surface area is 248 Å². The topological polar surface area (TPSA) is 151 Å². The van der Waals surface area contributed by atoms with E-state index in [1.54, 1.807) is 10.8 Å². The van der Waals surface area contributed by atoms with Gasteiger partial charge < -0.3 is 14.5 Å². The first kappa shape index (κ1) is 33.7. The maximum atomic E-state index is 12.6. The van der Waals surface area contributed by atoms with E-state index in [1.165, 1.54) is 26.8 Å². The van der Waals surface area contributed by atoms with Gasteiger partial charge in [0.25, 0.3) is 11.1 Å². The lowest BCUT2D eigenvalue weighted by molar-refractivity contribution is 0.380. The molecule has 0 unspecified atom stereocenters. The summed E-state index contributed by atoms with van der Waals surface area (Å²) in [5, 5.41) is 1.13. The van der Waals surface area contributed by atoms with Crippen molar-refractivity contribution in [3.63, 3.8) is 0 Å². The molecule has 12 nitrogen and oxygen atoms in total. The number of rotatable bonds is 5. The molecule has 4 aromatic rings. The van der Waals surface area contributed by atoms with Gasteiger partial charge >= 0.3 is 12.0 Å². The summed E-state index contributed by atoms with van der Waals surface area (Å²) in [5.41, 5.74) is 2.12. The first-order valence-corrected chi connectivity index (χ1v) is 14.5. The van der Waals surface area contributed by atoms with E-state index >= 15 is 0 Å². The predicted molar refractivity (Wildman–Crippen MR) is 164 cm³/mol. The summed E-state index contributed by atoms with van der Waals surface area (Å²) in [4.78, 5) is 52.2. The zero-order valence-corrected chi connectivity index (χ0v) is 27.2. The minimum absolute atomic E-state index is 0.0902. The van der Waals surface area contributed by atoms with Gasteiger partial charge in [-0.05, 0) is 12.8 Å². The van der Waals surface area contributed by atoms with Crippen LogP contribution >= 0.6 is 15.9 Å². The molecule has 0 radical (unpaired) electrons. The lowest BCUT2D eigenvalue weighted by Crippen LogP contribution is -2.33. The molecule has 0 aliphatic heterocycles. The van der Waals surface area contributed by atoms with E-state index in [1.807, 2.05) is 48.5 Å².